The highest BCUT2D eigenvalue weighted by Gasteiger charge is 2.23. The maximum Gasteiger partial charge on any atom is 0.0413 e. The molecule has 2 rings (SSSR count). The van der Waals surface area contributed by atoms with E-state index in [1.165, 1.54) is 37.4 Å². The number of thiophene rings is 1. The van der Waals surface area contributed by atoms with Crippen molar-refractivity contribution in [3.8, 4) is 0 Å². The summed E-state index contributed by atoms with van der Waals surface area (Å²) in [6.45, 7) is 10.6. The van der Waals surface area contributed by atoms with Gasteiger partial charge < -0.3 is 5.32 Å². The van der Waals surface area contributed by atoms with Gasteiger partial charge in [0.15, 0.2) is 0 Å². The molecule has 1 saturated heterocycles. The molecule has 2 atom stereocenters. The molecule has 0 aromatic carbocycles. The van der Waals surface area contributed by atoms with Gasteiger partial charge in [-0.25, -0.2) is 0 Å². The number of rotatable bonds is 4. The van der Waals surface area contributed by atoms with E-state index in [1.807, 2.05) is 11.3 Å². The average Bonchev–Trinajstić information content (AvgIpc) is 2.75. The molecule has 1 N–H and O–H groups in total. The Balaban J connectivity index is 1.98. The Morgan fingerprint density at radius 3 is 2.94 bits per heavy atom. The van der Waals surface area contributed by atoms with Crippen LogP contribution in [0.15, 0.2) is 17.5 Å². The Kier molecular flexibility index (Phi) is 5.22. The summed E-state index contributed by atoms with van der Waals surface area (Å²) in [5.41, 5.74) is 0. The van der Waals surface area contributed by atoms with Crippen LogP contribution >= 0.6 is 11.3 Å². The fourth-order valence-corrected chi connectivity index (χ4v) is 3.63. The van der Waals surface area contributed by atoms with Crippen LogP contribution < -0.4 is 5.32 Å². The molecule has 0 aliphatic carbocycles. The summed E-state index contributed by atoms with van der Waals surface area (Å²) in [6, 6.07) is 5.66. The molecule has 2 unspecified atom stereocenters. The van der Waals surface area contributed by atoms with Gasteiger partial charge in [-0.3, -0.25) is 4.90 Å². The quantitative estimate of drug-likeness (QED) is 0.897. The summed E-state index contributed by atoms with van der Waals surface area (Å²) in [5, 5.41) is 5.89. The van der Waals surface area contributed by atoms with E-state index in [0.29, 0.717) is 12.1 Å². The fourth-order valence-electron chi connectivity index (χ4n) is 2.81. The van der Waals surface area contributed by atoms with Crippen molar-refractivity contribution in [2.75, 3.05) is 19.6 Å². The summed E-state index contributed by atoms with van der Waals surface area (Å²) < 4.78 is 0. The van der Waals surface area contributed by atoms with Gasteiger partial charge in [-0.1, -0.05) is 19.9 Å². The highest BCUT2D eigenvalue weighted by atomic mass is 32.1. The number of nitrogens with zero attached hydrogens (tertiary/aromatic N) is 1. The Morgan fingerprint density at radius 2 is 2.28 bits per heavy atom. The molecule has 1 fully saturated rings. The third-order valence-corrected chi connectivity index (χ3v) is 4.81. The molecule has 1 aliphatic rings. The molecule has 18 heavy (non-hydrogen) atoms. The van der Waals surface area contributed by atoms with Crippen LogP contribution in [0, 0.1) is 5.92 Å². The molecule has 1 aromatic rings. The summed E-state index contributed by atoms with van der Waals surface area (Å²) in [4.78, 5) is 4.15. The zero-order valence-electron chi connectivity index (χ0n) is 11.9. The molecule has 0 saturated carbocycles. The minimum Gasteiger partial charge on any atom is -0.313 e. The van der Waals surface area contributed by atoms with Gasteiger partial charge in [-0.15, -0.1) is 11.3 Å². The van der Waals surface area contributed by atoms with Gasteiger partial charge in [-0.05, 0) is 43.7 Å². The number of hydrogen-bond acceptors (Lipinski definition) is 3. The summed E-state index contributed by atoms with van der Waals surface area (Å²) in [7, 11) is 0. The van der Waals surface area contributed by atoms with Crippen LogP contribution in [0.4, 0.5) is 0 Å². The second kappa shape index (κ2) is 6.69. The first-order valence-electron chi connectivity index (χ1n) is 7.17. The van der Waals surface area contributed by atoms with Gasteiger partial charge in [0, 0.05) is 30.1 Å². The van der Waals surface area contributed by atoms with Crippen LogP contribution in [0.3, 0.4) is 0 Å². The molecule has 3 heteroatoms. The normalized spacial score (nSPS) is 24.1. The van der Waals surface area contributed by atoms with E-state index >= 15 is 0 Å². The predicted molar refractivity (Wildman–Crippen MR) is 80.2 cm³/mol. The average molecular weight is 266 g/mol. The Bertz CT molecular complexity index is 334. The molecule has 0 bridgehead atoms. The lowest BCUT2D eigenvalue weighted by molar-refractivity contribution is 0.201. The standard InChI is InChI=1S/C15H26N2S/c1-12(2)10-14-11-17(8-5-7-16-14)13(3)15-6-4-9-18-15/h4,6,9,12-14,16H,5,7-8,10-11H2,1-3H3. The van der Waals surface area contributed by atoms with E-state index in [4.69, 9.17) is 0 Å². The second-order valence-corrected chi connectivity index (χ2v) is 6.80. The second-order valence-electron chi connectivity index (χ2n) is 5.82. The largest absolute Gasteiger partial charge is 0.313 e. The number of hydrogen-bond donors (Lipinski definition) is 1. The zero-order valence-corrected chi connectivity index (χ0v) is 12.7. The van der Waals surface area contributed by atoms with Crippen molar-refractivity contribution < 1.29 is 0 Å². The molecule has 1 aliphatic heterocycles. The van der Waals surface area contributed by atoms with E-state index < -0.39 is 0 Å². The van der Waals surface area contributed by atoms with Crippen molar-refractivity contribution in [2.45, 2.75) is 45.7 Å². The molecule has 2 heterocycles. The smallest absolute Gasteiger partial charge is 0.0413 e. The topological polar surface area (TPSA) is 15.3 Å². The van der Waals surface area contributed by atoms with Crippen LogP contribution in [0.2, 0.25) is 0 Å². The van der Waals surface area contributed by atoms with Crippen LogP contribution in [0.1, 0.15) is 44.5 Å². The monoisotopic (exact) mass is 266 g/mol. The van der Waals surface area contributed by atoms with E-state index in [-0.39, 0.29) is 0 Å². The van der Waals surface area contributed by atoms with Gasteiger partial charge in [0.1, 0.15) is 0 Å². The highest BCUT2D eigenvalue weighted by Crippen LogP contribution is 2.26. The molecule has 0 radical (unpaired) electrons. The van der Waals surface area contributed by atoms with Crippen molar-refractivity contribution in [1.29, 1.82) is 0 Å². The van der Waals surface area contributed by atoms with Crippen molar-refractivity contribution in [2.24, 2.45) is 5.92 Å². The predicted octanol–water partition coefficient (Wildman–Crippen LogP) is 3.52. The van der Waals surface area contributed by atoms with Crippen molar-refractivity contribution in [3.63, 3.8) is 0 Å². The molecule has 2 nitrogen and oxygen atoms in total. The first-order chi connectivity index (χ1) is 8.66. The molecular weight excluding hydrogens is 240 g/mol. The summed E-state index contributed by atoms with van der Waals surface area (Å²) >= 11 is 1.88. The van der Waals surface area contributed by atoms with Gasteiger partial charge in [0.2, 0.25) is 0 Å². The zero-order chi connectivity index (χ0) is 13.0. The molecule has 102 valence electrons. The SMILES string of the molecule is CC(C)CC1CN(C(C)c2cccs2)CCCN1. The van der Waals surface area contributed by atoms with Crippen LogP contribution in [-0.2, 0) is 0 Å². The van der Waals surface area contributed by atoms with E-state index in [1.54, 1.807) is 0 Å². The van der Waals surface area contributed by atoms with E-state index in [9.17, 15) is 0 Å². The first kappa shape index (κ1) is 14.0. The Labute approximate surface area is 115 Å². The third-order valence-electron chi connectivity index (χ3n) is 3.77. The van der Waals surface area contributed by atoms with Crippen molar-refractivity contribution in [1.82, 2.24) is 10.2 Å². The van der Waals surface area contributed by atoms with Gasteiger partial charge in [0.25, 0.3) is 0 Å². The fraction of sp³-hybridized carbons (Fsp3) is 0.733. The Hall–Kier alpha value is -0.380. The molecule has 1 aromatic heterocycles. The van der Waals surface area contributed by atoms with E-state index in [0.717, 1.165) is 5.92 Å². The van der Waals surface area contributed by atoms with E-state index in [2.05, 4.69) is 48.5 Å². The van der Waals surface area contributed by atoms with Gasteiger partial charge in [-0.2, -0.15) is 0 Å². The minimum absolute atomic E-state index is 0.569. The highest BCUT2D eigenvalue weighted by molar-refractivity contribution is 7.10. The Morgan fingerprint density at radius 1 is 1.44 bits per heavy atom. The molecule has 0 amide bonds. The van der Waals surface area contributed by atoms with Crippen LogP contribution in [-0.4, -0.2) is 30.6 Å². The summed E-state index contributed by atoms with van der Waals surface area (Å²) in [6.07, 6.45) is 2.55. The van der Waals surface area contributed by atoms with Gasteiger partial charge in [0.05, 0.1) is 0 Å². The summed E-state index contributed by atoms with van der Waals surface area (Å²) in [5.74, 6) is 0.777. The maximum absolute atomic E-state index is 3.70. The van der Waals surface area contributed by atoms with Crippen molar-refractivity contribution in [3.05, 3.63) is 22.4 Å². The molecule has 0 spiro atoms. The third kappa shape index (κ3) is 3.81. The molecular formula is C15H26N2S. The lowest BCUT2D eigenvalue weighted by atomic mass is 10.0. The minimum atomic E-state index is 0.569. The first-order valence-corrected chi connectivity index (χ1v) is 8.05. The lowest BCUT2D eigenvalue weighted by Gasteiger charge is -2.30. The van der Waals surface area contributed by atoms with Crippen LogP contribution in [0.5, 0.6) is 0 Å². The maximum atomic E-state index is 3.70. The van der Waals surface area contributed by atoms with Gasteiger partial charge >= 0.3 is 0 Å². The number of nitrogens with one attached hydrogen (secondary N) is 1. The van der Waals surface area contributed by atoms with Crippen molar-refractivity contribution >= 4 is 11.3 Å². The lowest BCUT2D eigenvalue weighted by Crippen LogP contribution is -2.39. The van der Waals surface area contributed by atoms with Crippen LogP contribution in [0.25, 0.3) is 0 Å².